The van der Waals surface area contributed by atoms with Gasteiger partial charge >= 0.3 is 0 Å². The van der Waals surface area contributed by atoms with Crippen LogP contribution in [0.15, 0.2) is 30.5 Å². The molecule has 2 rings (SSSR count). The zero-order valence-corrected chi connectivity index (χ0v) is 10.5. The van der Waals surface area contributed by atoms with Crippen molar-refractivity contribution >= 4 is 28.8 Å². The van der Waals surface area contributed by atoms with Gasteiger partial charge in [-0.2, -0.15) is 0 Å². The topological polar surface area (TPSA) is 50.9 Å². The highest BCUT2D eigenvalue weighted by Crippen LogP contribution is 2.26. The zero-order valence-electron chi connectivity index (χ0n) is 9.79. The molecule has 2 aromatic rings. The third-order valence-corrected chi connectivity index (χ3v) is 3.08. The summed E-state index contributed by atoms with van der Waals surface area (Å²) < 4.78 is 0. The van der Waals surface area contributed by atoms with Crippen molar-refractivity contribution < 1.29 is 0 Å². The third kappa shape index (κ3) is 2.50. The van der Waals surface area contributed by atoms with Crippen LogP contribution in [0, 0.1) is 13.8 Å². The lowest BCUT2D eigenvalue weighted by atomic mass is 10.2. The van der Waals surface area contributed by atoms with Crippen LogP contribution in [0.25, 0.3) is 0 Å². The Morgan fingerprint density at radius 2 is 2.06 bits per heavy atom. The molecule has 0 radical (unpaired) electrons. The first-order valence-corrected chi connectivity index (χ1v) is 5.70. The maximum absolute atomic E-state index is 6.05. The molecule has 3 N–H and O–H groups in total. The van der Waals surface area contributed by atoms with Gasteiger partial charge in [0.1, 0.15) is 5.82 Å². The lowest BCUT2D eigenvalue weighted by Gasteiger charge is -2.10. The van der Waals surface area contributed by atoms with E-state index in [9.17, 15) is 0 Å². The molecule has 3 nitrogen and oxygen atoms in total. The summed E-state index contributed by atoms with van der Waals surface area (Å²) in [4.78, 5) is 4.27. The van der Waals surface area contributed by atoms with E-state index in [0.717, 1.165) is 33.3 Å². The highest BCUT2D eigenvalue weighted by molar-refractivity contribution is 6.31. The van der Waals surface area contributed by atoms with Crippen molar-refractivity contribution in [3.05, 3.63) is 46.6 Å². The summed E-state index contributed by atoms with van der Waals surface area (Å²) in [7, 11) is 0. The number of aromatic nitrogens is 1. The molecule has 0 unspecified atom stereocenters. The molecule has 1 heterocycles. The van der Waals surface area contributed by atoms with E-state index in [4.69, 9.17) is 17.3 Å². The Balaban J connectivity index is 2.31. The molecule has 4 heteroatoms. The number of aryl methyl sites for hydroxylation is 1. The van der Waals surface area contributed by atoms with Gasteiger partial charge in [-0.1, -0.05) is 17.7 Å². The van der Waals surface area contributed by atoms with Crippen molar-refractivity contribution in [3.8, 4) is 0 Å². The molecule has 0 bridgehead atoms. The molecule has 0 saturated heterocycles. The highest BCUT2D eigenvalue weighted by Gasteiger charge is 2.04. The second-order valence-corrected chi connectivity index (χ2v) is 4.37. The van der Waals surface area contributed by atoms with Gasteiger partial charge in [-0.3, -0.25) is 0 Å². The monoisotopic (exact) mass is 247 g/mol. The zero-order chi connectivity index (χ0) is 12.4. The van der Waals surface area contributed by atoms with Crippen molar-refractivity contribution in [1.82, 2.24) is 4.98 Å². The van der Waals surface area contributed by atoms with E-state index in [1.165, 1.54) is 0 Å². The van der Waals surface area contributed by atoms with Crippen LogP contribution in [0.4, 0.5) is 17.2 Å². The van der Waals surface area contributed by atoms with Gasteiger partial charge in [0.05, 0.1) is 0 Å². The molecule has 0 spiro atoms. The molecule has 0 saturated carbocycles. The molecule has 0 atom stereocenters. The summed E-state index contributed by atoms with van der Waals surface area (Å²) in [6.45, 7) is 3.89. The minimum absolute atomic E-state index is 0.721. The molecular formula is C13H14ClN3. The molecule has 1 aromatic heterocycles. The highest BCUT2D eigenvalue weighted by atomic mass is 35.5. The second-order valence-electron chi connectivity index (χ2n) is 3.96. The minimum Gasteiger partial charge on any atom is -0.398 e. The van der Waals surface area contributed by atoms with E-state index in [2.05, 4.69) is 10.3 Å². The largest absolute Gasteiger partial charge is 0.398 e. The number of anilines is 3. The first-order chi connectivity index (χ1) is 8.08. The van der Waals surface area contributed by atoms with Crippen LogP contribution < -0.4 is 11.1 Å². The van der Waals surface area contributed by atoms with Crippen LogP contribution in [-0.2, 0) is 0 Å². The molecule has 17 heavy (non-hydrogen) atoms. The van der Waals surface area contributed by atoms with Gasteiger partial charge in [-0.15, -0.1) is 0 Å². The molecular weight excluding hydrogens is 234 g/mol. The summed E-state index contributed by atoms with van der Waals surface area (Å²) in [6, 6.07) is 7.53. The Hall–Kier alpha value is -1.74. The Morgan fingerprint density at radius 1 is 1.29 bits per heavy atom. The fraction of sp³-hybridized carbons (Fsp3) is 0.154. The Kier molecular flexibility index (Phi) is 3.20. The predicted molar refractivity (Wildman–Crippen MR) is 72.9 cm³/mol. The van der Waals surface area contributed by atoms with Gasteiger partial charge in [-0.05, 0) is 37.1 Å². The van der Waals surface area contributed by atoms with E-state index < -0.39 is 0 Å². The molecule has 0 aliphatic carbocycles. The van der Waals surface area contributed by atoms with Crippen LogP contribution >= 0.6 is 11.6 Å². The van der Waals surface area contributed by atoms with Crippen molar-refractivity contribution in [2.24, 2.45) is 0 Å². The average molecular weight is 248 g/mol. The quantitative estimate of drug-likeness (QED) is 0.851. The smallest absolute Gasteiger partial charge is 0.132 e. The molecule has 0 aliphatic rings. The Labute approximate surface area is 106 Å². The van der Waals surface area contributed by atoms with Gasteiger partial charge < -0.3 is 11.1 Å². The first-order valence-electron chi connectivity index (χ1n) is 5.32. The summed E-state index contributed by atoms with van der Waals surface area (Å²) >= 11 is 6.05. The normalized spacial score (nSPS) is 10.3. The number of nitrogen functional groups attached to an aromatic ring is 1. The number of hydrogen-bond acceptors (Lipinski definition) is 3. The van der Waals surface area contributed by atoms with Crippen molar-refractivity contribution in [2.45, 2.75) is 13.8 Å². The van der Waals surface area contributed by atoms with Crippen molar-refractivity contribution in [3.63, 3.8) is 0 Å². The maximum atomic E-state index is 6.05. The lowest BCUT2D eigenvalue weighted by Crippen LogP contribution is -1.98. The number of nitrogens with one attached hydrogen (secondary N) is 1. The number of nitrogens with two attached hydrogens (primary N) is 1. The fourth-order valence-electron chi connectivity index (χ4n) is 1.49. The summed E-state index contributed by atoms with van der Waals surface area (Å²) in [5, 5.41) is 3.94. The van der Waals surface area contributed by atoms with E-state index in [1.807, 2.05) is 38.1 Å². The summed E-state index contributed by atoms with van der Waals surface area (Å²) in [6.07, 6.45) is 1.75. The Bertz CT molecular complexity index is 552. The molecule has 0 amide bonds. The van der Waals surface area contributed by atoms with Crippen LogP contribution in [0.2, 0.25) is 5.02 Å². The molecule has 0 fully saturated rings. The SMILES string of the molecule is Cc1cnc(Nc2cccc(Cl)c2C)cc1N. The van der Waals surface area contributed by atoms with E-state index >= 15 is 0 Å². The first kappa shape index (κ1) is 11.7. The van der Waals surface area contributed by atoms with Crippen LogP contribution in [-0.4, -0.2) is 4.98 Å². The van der Waals surface area contributed by atoms with Crippen LogP contribution in [0.5, 0.6) is 0 Å². The predicted octanol–water partition coefficient (Wildman–Crippen LogP) is 3.68. The Morgan fingerprint density at radius 3 is 2.76 bits per heavy atom. The van der Waals surface area contributed by atoms with Gasteiger partial charge in [0, 0.05) is 28.7 Å². The van der Waals surface area contributed by atoms with Gasteiger partial charge in [0.15, 0.2) is 0 Å². The van der Waals surface area contributed by atoms with Crippen LogP contribution in [0.3, 0.4) is 0 Å². The number of halogens is 1. The minimum atomic E-state index is 0.721. The maximum Gasteiger partial charge on any atom is 0.132 e. The van der Waals surface area contributed by atoms with Gasteiger partial charge in [0.25, 0.3) is 0 Å². The van der Waals surface area contributed by atoms with E-state index in [0.29, 0.717) is 0 Å². The number of hydrogen-bond donors (Lipinski definition) is 2. The summed E-state index contributed by atoms with van der Waals surface area (Å²) in [5.41, 5.74) is 9.46. The number of pyridine rings is 1. The number of nitrogens with zero attached hydrogens (tertiary/aromatic N) is 1. The van der Waals surface area contributed by atoms with Crippen molar-refractivity contribution in [2.75, 3.05) is 11.1 Å². The second kappa shape index (κ2) is 4.63. The number of rotatable bonds is 2. The van der Waals surface area contributed by atoms with Gasteiger partial charge in [-0.25, -0.2) is 4.98 Å². The number of benzene rings is 1. The standard InChI is InChI=1S/C13H14ClN3/c1-8-7-16-13(6-11(8)15)17-12-5-3-4-10(14)9(12)2/h3-7H,1-2H3,(H3,15,16,17). The lowest BCUT2D eigenvalue weighted by molar-refractivity contribution is 1.26. The molecule has 88 valence electrons. The third-order valence-electron chi connectivity index (χ3n) is 2.68. The molecule has 1 aromatic carbocycles. The molecule has 0 aliphatic heterocycles. The fourth-order valence-corrected chi connectivity index (χ4v) is 1.66. The summed E-state index contributed by atoms with van der Waals surface area (Å²) in [5.74, 6) is 0.721. The van der Waals surface area contributed by atoms with E-state index in [-0.39, 0.29) is 0 Å². The van der Waals surface area contributed by atoms with Gasteiger partial charge in [0.2, 0.25) is 0 Å². The van der Waals surface area contributed by atoms with E-state index in [1.54, 1.807) is 6.20 Å². The van der Waals surface area contributed by atoms with Crippen molar-refractivity contribution in [1.29, 1.82) is 0 Å². The van der Waals surface area contributed by atoms with Crippen LogP contribution in [0.1, 0.15) is 11.1 Å². The average Bonchev–Trinajstić information content (AvgIpc) is 2.30.